The summed E-state index contributed by atoms with van der Waals surface area (Å²) in [5.74, 6) is 0.340. The highest BCUT2D eigenvalue weighted by atomic mass is 35.5. The van der Waals surface area contributed by atoms with E-state index in [2.05, 4.69) is 0 Å². The molecule has 2 amide bonds. The Morgan fingerprint density at radius 3 is 2.04 bits per heavy atom. The topological polar surface area (TPSA) is 37.4 Å². The summed E-state index contributed by atoms with van der Waals surface area (Å²) in [7, 11) is 0. The summed E-state index contributed by atoms with van der Waals surface area (Å²) in [6.07, 6.45) is 6.73. The van der Waals surface area contributed by atoms with E-state index in [0.29, 0.717) is 22.5 Å². The number of imide groups is 1. The number of hydrogen-bond donors (Lipinski definition) is 0. The molecule has 3 nitrogen and oxygen atoms in total. The van der Waals surface area contributed by atoms with Crippen LogP contribution in [0.1, 0.15) is 38.5 Å². The van der Waals surface area contributed by atoms with E-state index in [0.717, 1.165) is 38.5 Å². The van der Waals surface area contributed by atoms with Gasteiger partial charge in [0, 0.05) is 5.02 Å². The first-order valence-corrected chi connectivity index (χ1v) is 9.40. The molecule has 4 atom stereocenters. The summed E-state index contributed by atoms with van der Waals surface area (Å²) in [4.78, 5) is 27.9. The van der Waals surface area contributed by atoms with Gasteiger partial charge >= 0.3 is 0 Å². The van der Waals surface area contributed by atoms with E-state index in [1.807, 2.05) is 6.07 Å². The number of hydrogen-bond acceptors (Lipinski definition) is 2. The van der Waals surface area contributed by atoms with Gasteiger partial charge in [0.15, 0.2) is 0 Å². The fourth-order valence-corrected chi connectivity index (χ4v) is 5.95. The van der Waals surface area contributed by atoms with Crippen molar-refractivity contribution >= 4 is 29.1 Å². The van der Waals surface area contributed by atoms with Gasteiger partial charge in [0.2, 0.25) is 11.8 Å². The first-order valence-electron chi connectivity index (χ1n) is 9.02. The van der Waals surface area contributed by atoms with Crippen molar-refractivity contribution in [2.45, 2.75) is 38.5 Å². The second-order valence-electron chi connectivity index (χ2n) is 7.59. The van der Waals surface area contributed by atoms with Gasteiger partial charge in [-0.15, -0.1) is 0 Å². The maximum absolute atomic E-state index is 13.2. The summed E-state index contributed by atoms with van der Waals surface area (Å²) in [5.41, 5.74) is 3.70. The van der Waals surface area contributed by atoms with Gasteiger partial charge in [-0.05, 0) is 68.6 Å². The largest absolute Gasteiger partial charge is 0.274 e. The molecule has 0 bridgehead atoms. The predicted molar refractivity (Wildman–Crippen MR) is 92.6 cm³/mol. The number of amides is 2. The van der Waals surface area contributed by atoms with Crippen LogP contribution in [0.25, 0.3) is 0 Å². The molecule has 1 aromatic rings. The fraction of sp³-hybridized carbons (Fsp3) is 0.500. The Morgan fingerprint density at radius 2 is 1.50 bits per heavy atom. The standard InChI is InChI=1S/C20H20ClNO2/c21-11-4-1-5-12(10-11)22-19(23)17-15-8-2-6-13(15)14-7-3-9-16(14)18(17)20(22)24/h1,4-5,10,15-18H,2-3,6-9H2/t15-,16-,17-,18+/m1/s1. The Bertz CT molecular complexity index is 742. The highest BCUT2D eigenvalue weighted by molar-refractivity contribution is 6.31. The molecule has 5 rings (SSSR count). The zero-order chi connectivity index (χ0) is 16.4. The van der Waals surface area contributed by atoms with Gasteiger partial charge < -0.3 is 0 Å². The van der Waals surface area contributed by atoms with E-state index in [9.17, 15) is 9.59 Å². The van der Waals surface area contributed by atoms with Crippen LogP contribution >= 0.6 is 11.6 Å². The van der Waals surface area contributed by atoms with E-state index in [-0.39, 0.29) is 23.7 Å². The molecule has 0 unspecified atom stereocenters. The molecule has 3 aliphatic carbocycles. The Morgan fingerprint density at radius 1 is 0.917 bits per heavy atom. The molecular weight excluding hydrogens is 322 g/mol. The minimum absolute atomic E-state index is 0.00242. The number of allylic oxidation sites excluding steroid dienone is 2. The lowest BCUT2D eigenvalue weighted by molar-refractivity contribution is -0.122. The summed E-state index contributed by atoms with van der Waals surface area (Å²) >= 11 is 6.09. The van der Waals surface area contributed by atoms with E-state index < -0.39 is 0 Å². The quantitative estimate of drug-likeness (QED) is 0.562. The number of fused-ring (bicyclic) bond motifs is 5. The van der Waals surface area contributed by atoms with Crippen LogP contribution in [0.3, 0.4) is 0 Å². The monoisotopic (exact) mass is 341 g/mol. The number of nitrogens with zero attached hydrogens (tertiary/aromatic N) is 1. The second-order valence-corrected chi connectivity index (χ2v) is 8.03. The molecule has 0 radical (unpaired) electrons. The summed E-state index contributed by atoms with van der Waals surface area (Å²) in [6, 6.07) is 7.13. The SMILES string of the molecule is O=C1[C@@H]2[C@H](C(=O)N1c1cccc(Cl)c1)[C@@H]1CCCC1=C1CCC[C@H]12. The Balaban J connectivity index is 1.61. The van der Waals surface area contributed by atoms with Crippen LogP contribution in [0.15, 0.2) is 35.4 Å². The van der Waals surface area contributed by atoms with Crippen LogP contribution in [0, 0.1) is 23.7 Å². The molecule has 4 heteroatoms. The van der Waals surface area contributed by atoms with Crippen LogP contribution in [0.4, 0.5) is 5.69 Å². The molecule has 0 aromatic heterocycles. The first kappa shape index (κ1) is 14.7. The van der Waals surface area contributed by atoms with E-state index in [1.54, 1.807) is 18.2 Å². The summed E-state index contributed by atoms with van der Waals surface area (Å²) in [6.45, 7) is 0. The van der Waals surface area contributed by atoms with Crippen LogP contribution < -0.4 is 4.90 Å². The van der Waals surface area contributed by atoms with Crippen molar-refractivity contribution in [3.63, 3.8) is 0 Å². The number of benzene rings is 1. The van der Waals surface area contributed by atoms with Crippen molar-refractivity contribution in [1.29, 1.82) is 0 Å². The minimum Gasteiger partial charge on any atom is -0.274 e. The molecule has 0 N–H and O–H groups in total. The molecule has 3 fully saturated rings. The number of carbonyl (C=O) groups is 2. The van der Waals surface area contributed by atoms with E-state index in [4.69, 9.17) is 11.6 Å². The zero-order valence-electron chi connectivity index (χ0n) is 13.5. The average molecular weight is 342 g/mol. The highest BCUT2D eigenvalue weighted by Gasteiger charge is 2.59. The highest BCUT2D eigenvalue weighted by Crippen LogP contribution is 2.57. The molecule has 1 aromatic carbocycles. The van der Waals surface area contributed by atoms with Crippen molar-refractivity contribution < 1.29 is 9.59 Å². The van der Waals surface area contributed by atoms with Crippen molar-refractivity contribution in [3.05, 3.63) is 40.4 Å². The van der Waals surface area contributed by atoms with Gasteiger partial charge in [-0.3, -0.25) is 9.59 Å². The second kappa shape index (κ2) is 5.19. The molecule has 1 heterocycles. The average Bonchev–Trinajstić information content (AvgIpc) is 3.25. The van der Waals surface area contributed by atoms with Crippen LogP contribution in [0.2, 0.25) is 5.02 Å². The molecule has 0 spiro atoms. The molecular formula is C20H20ClNO2. The van der Waals surface area contributed by atoms with Gasteiger partial charge in [-0.25, -0.2) is 4.90 Å². The Hall–Kier alpha value is -1.61. The molecule has 2 saturated carbocycles. The fourth-order valence-electron chi connectivity index (χ4n) is 5.76. The molecule has 4 aliphatic rings. The van der Waals surface area contributed by atoms with E-state index >= 15 is 0 Å². The number of halogens is 1. The number of rotatable bonds is 1. The van der Waals surface area contributed by atoms with Gasteiger partial charge in [-0.1, -0.05) is 28.8 Å². The van der Waals surface area contributed by atoms with Gasteiger partial charge in [-0.2, -0.15) is 0 Å². The third-order valence-electron chi connectivity index (χ3n) is 6.56. The predicted octanol–water partition coefficient (Wildman–Crippen LogP) is 4.36. The lowest BCUT2D eigenvalue weighted by Gasteiger charge is -2.34. The molecule has 1 aliphatic heterocycles. The minimum atomic E-state index is -0.138. The number of carbonyl (C=O) groups excluding carboxylic acids is 2. The molecule has 24 heavy (non-hydrogen) atoms. The third-order valence-corrected chi connectivity index (χ3v) is 6.80. The van der Waals surface area contributed by atoms with Crippen LogP contribution in [-0.4, -0.2) is 11.8 Å². The lowest BCUT2D eigenvalue weighted by Crippen LogP contribution is -2.35. The smallest absolute Gasteiger partial charge is 0.238 e. The van der Waals surface area contributed by atoms with Crippen molar-refractivity contribution in [3.8, 4) is 0 Å². The summed E-state index contributed by atoms with van der Waals surface area (Å²) < 4.78 is 0. The van der Waals surface area contributed by atoms with E-state index in [1.165, 1.54) is 16.0 Å². The third kappa shape index (κ3) is 1.85. The van der Waals surface area contributed by atoms with Crippen molar-refractivity contribution in [2.75, 3.05) is 4.90 Å². The van der Waals surface area contributed by atoms with Gasteiger partial charge in [0.1, 0.15) is 0 Å². The maximum Gasteiger partial charge on any atom is 0.238 e. The Kier molecular flexibility index (Phi) is 3.18. The van der Waals surface area contributed by atoms with Crippen molar-refractivity contribution in [2.24, 2.45) is 23.7 Å². The molecule has 124 valence electrons. The van der Waals surface area contributed by atoms with Gasteiger partial charge in [0.25, 0.3) is 0 Å². The molecule has 1 saturated heterocycles. The lowest BCUT2D eigenvalue weighted by atomic mass is 9.66. The summed E-state index contributed by atoms with van der Waals surface area (Å²) in [5, 5.41) is 0.559. The van der Waals surface area contributed by atoms with Crippen molar-refractivity contribution in [1.82, 2.24) is 0 Å². The Labute approximate surface area is 146 Å². The van der Waals surface area contributed by atoms with Gasteiger partial charge in [0.05, 0.1) is 17.5 Å². The maximum atomic E-state index is 13.2. The van der Waals surface area contributed by atoms with Crippen LogP contribution in [0.5, 0.6) is 0 Å². The zero-order valence-corrected chi connectivity index (χ0v) is 14.3. The normalized spacial score (nSPS) is 34.6. The number of anilines is 1. The van der Waals surface area contributed by atoms with Crippen LogP contribution in [-0.2, 0) is 9.59 Å². The first-order chi connectivity index (χ1) is 11.7.